The smallest absolute Gasteiger partial charge is 0.224 e. The van der Waals surface area contributed by atoms with Crippen LogP contribution >= 0.6 is 0 Å². The molecule has 6 nitrogen and oxygen atoms in total. The Morgan fingerprint density at radius 2 is 2.00 bits per heavy atom. The summed E-state index contributed by atoms with van der Waals surface area (Å²) in [6.45, 7) is 0.900. The first-order valence-electron chi connectivity index (χ1n) is 5.99. The van der Waals surface area contributed by atoms with E-state index in [9.17, 15) is 14.4 Å². The fraction of sp³-hybridized carbons (Fsp3) is 0.727. The van der Waals surface area contributed by atoms with Crippen molar-refractivity contribution in [2.75, 3.05) is 13.1 Å². The molecule has 0 aromatic carbocycles. The Kier molecular flexibility index (Phi) is 3.61. The van der Waals surface area contributed by atoms with Crippen molar-refractivity contribution in [2.45, 2.75) is 31.7 Å². The van der Waals surface area contributed by atoms with Crippen LogP contribution in [0.2, 0.25) is 0 Å². The van der Waals surface area contributed by atoms with Crippen LogP contribution in [0.1, 0.15) is 25.7 Å². The van der Waals surface area contributed by atoms with E-state index < -0.39 is 0 Å². The zero-order valence-electron chi connectivity index (χ0n) is 9.62. The van der Waals surface area contributed by atoms with E-state index in [1.165, 1.54) is 0 Å². The standard InChI is InChI=1S/C11H17N3O3/c15-9-3-1-7(5-12-9)11(17)13-6-8-2-4-10(16)14-8/h7-8H,1-6H2,(H,12,15)(H,13,17)(H,14,16). The zero-order valence-corrected chi connectivity index (χ0v) is 9.62. The zero-order chi connectivity index (χ0) is 12.3. The highest BCUT2D eigenvalue weighted by Crippen LogP contribution is 2.11. The second-order valence-electron chi connectivity index (χ2n) is 4.59. The van der Waals surface area contributed by atoms with Crippen molar-refractivity contribution in [3.63, 3.8) is 0 Å². The Labute approximate surface area is 99.5 Å². The molecule has 17 heavy (non-hydrogen) atoms. The molecular formula is C11H17N3O3. The van der Waals surface area contributed by atoms with E-state index >= 15 is 0 Å². The average molecular weight is 239 g/mol. The second kappa shape index (κ2) is 5.16. The van der Waals surface area contributed by atoms with Gasteiger partial charge in [-0.1, -0.05) is 0 Å². The molecule has 2 unspecified atom stereocenters. The third kappa shape index (κ3) is 3.18. The molecule has 3 N–H and O–H groups in total. The van der Waals surface area contributed by atoms with E-state index in [0.29, 0.717) is 32.4 Å². The number of hydrogen-bond donors (Lipinski definition) is 3. The van der Waals surface area contributed by atoms with Gasteiger partial charge in [0.2, 0.25) is 17.7 Å². The normalized spacial score (nSPS) is 28.5. The molecule has 2 aliphatic rings. The summed E-state index contributed by atoms with van der Waals surface area (Å²) >= 11 is 0. The van der Waals surface area contributed by atoms with E-state index in [4.69, 9.17) is 0 Å². The first kappa shape index (κ1) is 11.9. The first-order chi connectivity index (χ1) is 8.15. The van der Waals surface area contributed by atoms with Gasteiger partial charge in [-0.2, -0.15) is 0 Å². The topological polar surface area (TPSA) is 87.3 Å². The fourth-order valence-electron chi connectivity index (χ4n) is 2.16. The molecule has 2 aliphatic heterocycles. The third-order valence-electron chi connectivity index (χ3n) is 3.24. The van der Waals surface area contributed by atoms with Crippen LogP contribution in [0.3, 0.4) is 0 Å². The molecule has 0 bridgehead atoms. The lowest BCUT2D eigenvalue weighted by atomic mass is 9.98. The van der Waals surface area contributed by atoms with E-state index in [1.54, 1.807) is 0 Å². The summed E-state index contributed by atoms with van der Waals surface area (Å²) in [5.41, 5.74) is 0. The van der Waals surface area contributed by atoms with Gasteiger partial charge in [0, 0.05) is 32.0 Å². The van der Waals surface area contributed by atoms with Crippen LogP contribution < -0.4 is 16.0 Å². The highest BCUT2D eigenvalue weighted by Gasteiger charge is 2.26. The SMILES string of the molecule is O=C1CCC(C(=O)NCC2CCC(=O)N2)CN1. The van der Waals surface area contributed by atoms with Crippen LogP contribution in [-0.4, -0.2) is 36.9 Å². The van der Waals surface area contributed by atoms with E-state index in [2.05, 4.69) is 16.0 Å². The molecule has 6 heteroatoms. The largest absolute Gasteiger partial charge is 0.355 e. The van der Waals surface area contributed by atoms with Gasteiger partial charge in [0.05, 0.1) is 5.92 Å². The predicted octanol–water partition coefficient (Wildman–Crippen LogP) is -1.09. The molecule has 2 heterocycles. The molecule has 2 saturated heterocycles. The molecule has 94 valence electrons. The van der Waals surface area contributed by atoms with Crippen molar-refractivity contribution in [2.24, 2.45) is 5.92 Å². The number of piperidine rings is 1. The number of carbonyl (C=O) groups is 3. The summed E-state index contributed by atoms with van der Waals surface area (Å²) in [5.74, 6) is -0.109. The fourth-order valence-corrected chi connectivity index (χ4v) is 2.16. The van der Waals surface area contributed by atoms with Gasteiger partial charge in [-0.05, 0) is 12.8 Å². The lowest BCUT2D eigenvalue weighted by Gasteiger charge is -2.22. The van der Waals surface area contributed by atoms with Crippen molar-refractivity contribution in [3.8, 4) is 0 Å². The summed E-state index contributed by atoms with van der Waals surface area (Å²) < 4.78 is 0. The van der Waals surface area contributed by atoms with Crippen molar-refractivity contribution in [1.82, 2.24) is 16.0 Å². The molecular weight excluding hydrogens is 222 g/mol. The van der Waals surface area contributed by atoms with Gasteiger partial charge in [0.15, 0.2) is 0 Å². The molecule has 3 amide bonds. The van der Waals surface area contributed by atoms with Crippen LogP contribution in [0.5, 0.6) is 0 Å². The summed E-state index contributed by atoms with van der Waals surface area (Å²) in [6, 6.07) is 0.0598. The van der Waals surface area contributed by atoms with Crippen molar-refractivity contribution < 1.29 is 14.4 Å². The number of nitrogens with one attached hydrogen (secondary N) is 3. The predicted molar refractivity (Wildman–Crippen MR) is 59.9 cm³/mol. The maximum atomic E-state index is 11.8. The van der Waals surface area contributed by atoms with Crippen molar-refractivity contribution >= 4 is 17.7 Å². The molecule has 0 aromatic heterocycles. The second-order valence-corrected chi connectivity index (χ2v) is 4.59. The van der Waals surface area contributed by atoms with Crippen LogP contribution in [0.25, 0.3) is 0 Å². The average Bonchev–Trinajstić information content (AvgIpc) is 2.73. The minimum atomic E-state index is -0.134. The summed E-state index contributed by atoms with van der Waals surface area (Å²) in [6.07, 6.45) is 2.34. The third-order valence-corrected chi connectivity index (χ3v) is 3.24. The maximum Gasteiger partial charge on any atom is 0.224 e. The van der Waals surface area contributed by atoms with Gasteiger partial charge in [0.25, 0.3) is 0 Å². The number of carbonyl (C=O) groups excluding carboxylic acids is 3. The lowest BCUT2D eigenvalue weighted by molar-refractivity contribution is -0.129. The quantitative estimate of drug-likeness (QED) is 0.584. The summed E-state index contributed by atoms with van der Waals surface area (Å²) in [4.78, 5) is 33.7. The van der Waals surface area contributed by atoms with Crippen LogP contribution in [0.4, 0.5) is 0 Å². The number of hydrogen-bond acceptors (Lipinski definition) is 3. The minimum absolute atomic E-state index is 0.0112. The number of rotatable bonds is 3. The van der Waals surface area contributed by atoms with Gasteiger partial charge >= 0.3 is 0 Å². The summed E-state index contributed by atoms with van der Waals surface area (Å²) in [7, 11) is 0. The monoisotopic (exact) mass is 239 g/mol. The van der Waals surface area contributed by atoms with Crippen LogP contribution in [-0.2, 0) is 14.4 Å². The summed E-state index contributed by atoms with van der Waals surface area (Å²) in [5, 5.41) is 8.30. The molecule has 0 saturated carbocycles. The highest BCUT2D eigenvalue weighted by molar-refractivity contribution is 5.84. The van der Waals surface area contributed by atoms with Crippen molar-refractivity contribution in [3.05, 3.63) is 0 Å². The molecule has 0 aromatic rings. The first-order valence-corrected chi connectivity index (χ1v) is 5.99. The Morgan fingerprint density at radius 3 is 2.59 bits per heavy atom. The molecule has 0 aliphatic carbocycles. The van der Waals surface area contributed by atoms with Crippen molar-refractivity contribution in [1.29, 1.82) is 0 Å². The van der Waals surface area contributed by atoms with Gasteiger partial charge in [0.1, 0.15) is 0 Å². The Bertz CT molecular complexity index is 333. The van der Waals surface area contributed by atoms with E-state index in [-0.39, 0.29) is 29.7 Å². The molecule has 2 atom stereocenters. The molecule has 2 fully saturated rings. The maximum absolute atomic E-state index is 11.8. The lowest BCUT2D eigenvalue weighted by Crippen LogP contribution is -2.46. The van der Waals surface area contributed by atoms with E-state index in [1.807, 2.05) is 0 Å². The number of amides is 3. The Morgan fingerprint density at radius 1 is 1.24 bits per heavy atom. The van der Waals surface area contributed by atoms with Gasteiger partial charge in [-0.3, -0.25) is 14.4 Å². The Balaban J connectivity index is 1.70. The van der Waals surface area contributed by atoms with Gasteiger partial charge < -0.3 is 16.0 Å². The Hall–Kier alpha value is -1.59. The molecule has 0 radical (unpaired) electrons. The van der Waals surface area contributed by atoms with E-state index in [0.717, 1.165) is 6.42 Å². The van der Waals surface area contributed by atoms with Crippen LogP contribution in [0, 0.1) is 5.92 Å². The molecule has 0 spiro atoms. The minimum Gasteiger partial charge on any atom is -0.355 e. The van der Waals surface area contributed by atoms with Crippen LogP contribution in [0.15, 0.2) is 0 Å². The highest BCUT2D eigenvalue weighted by atomic mass is 16.2. The molecule has 2 rings (SSSR count). The van der Waals surface area contributed by atoms with Gasteiger partial charge in [-0.15, -0.1) is 0 Å². The van der Waals surface area contributed by atoms with Gasteiger partial charge in [-0.25, -0.2) is 0 Å².